The van der Waals surface area contributed by atoms with Crippen LogP contribution in [0.4, 0.5) is 5.82 Å². The number of aromatic nitrogens is 3. The number of nitrogens with two attached hydrogens (primary N) is 1. The molecule has 0 saturated carbocycles. The molecular formula is C17H13ClN4O2S. The molecule has 1 atom stereocenters. The van der Waals surface area contributed by atoms with E-state index in [0.717, 1.165) is 5.76 Å². The molecule has 4 rings (SSSR count). The van der Waals surface area contributed by atoms with Gasteiger partial charge in [-0.15, -0.1) is 11.3 Å². The molecular weight excluding hydrogens is 360 g/mol. The number of hydrogen-bond acceptors (Lipinski definition) is 7. The van der Waals surface area contributed by atoms with E-state index in [2.05, 4.69) is 15.0 Å². The van der Waals surface area contributed by atoms with E-state index in [9.17, 15) is 5.11 Å². The van der Waals surface area contributed by atoms with Crippen LogP contribution in [-0.4, -0.2) is 20.1 Å². The van der Waals surface area contributed by atoms with Gasteiger partial charge in [-0.05, 0) is 37.3 Å². The fourth-order valence-corrected chi connectivity index (χ4v) is 3.75. The van der Waals surface area contributed by atoms with Gasteiger partial charge < -0.3 is 15.3 Å². The first-order valence-electron chi connectivity index (χ1n) is 7.45. The second-order valence-electron chi connectivity index (χ2n) is 5.48. The molecule has 0 aliphatic heterocycles. The smallest absolute Gasteiger partial charge is 0.199 e. The fourth-order valence-electron chi connectivity index (χ4n) is 2.50. The van der Waals surface area contributed by atoms with Gasteiger partial charge in [0.2, 0.25) is 0 Å². The summed E-state index contributed by atoms with van der Waals surface area (Å²) in [5, 5.41) is 11.7. The van der Waals surface area contributed by atoms with Crippen LogP contribution < -0.4 is 5.73 Å². The van der Waals surface area contributed by atoms with Crippen LogP contribution in [0.2, 0.25) is 5.02 Å². The Morgan fingerprint density at radius 3 is 2.84 bits per heavy atom. The molecule has 0 aliphatic carbocycles. The second-order valence-corrected chi connectivity index (χ2v) is 6.95. The first-order chi connectivity index (χ1) is 12.0. The van der Waals surface area contributed by atoms with Gasteiger partial charge >= 0.3 is 0 Å². The largest absolute Gasteiger partial charge is 0.458 e. The molecule has 0 radical (unpaired) electrons. The van der Waals surface area contributed by atoms with Crippen LogP contribution in [0.25, 0.3) is 21.8 Å². The fraction of sp³-hybridized carbons (Fsp3) is 0.118. The monoisotopic (exact) mass is 372 g/mol. The van der Waals surface area contributed by atoms with Gasteiger partial charge in [-0.25, -0.2) is 9.97 Å². The first-order valence-corrected chi connectivity index (χ1v) is 8.64. The molecule has 8 heteroatoms. The number of nitrogen functional groups attached to an aromatic ring is 1. The summed E-state index contributed by atoms with van der Waals surface area (Å²) in [7, 11) is 0. The van der Waals surface area contributed by atoms with Crippen LogP contribution in [0.15, 0.2) is 40.9 Å². The Kier molecular flexibility index (Phi) is 3.91. The highest BCUT2D eigenvalue weighted by atomic mass is 35.5. The van der Waals surface area contributed by atoms with Crippen molar-refractivity contribution in [3.63, 3.8) is 0 Å². The van der Waals surface area contributed by atoms with Crippen LogP contribution in [0, 0.1) is 6.92 Å². The van der Waals surface area contributed by atoms with Crippen molar-refractivity contribution in [2.45, 2.75) is 13.0 Å². The minimum atomic E-state index is -0.957. The molecule has 0 fully saturated rings. The van der Waals surface area contributed by atoms with Gasteiger partial charge in [0, 0.05) is 11.1 Å². The molecule has 4 aromatic heterocycles. The van der Waals surface area contributed by atoms with E-state index in [1.165, 1.54) is 11.3 Å². The SMILES string of the molecule is Cc1ccc(-c2nc(N)c3cc(C(O)c4ncccc4Cl)sc3n2)o1. The normalized spacial score (nSPS) is 12.6. The Hall–Kier alpha value is -2.48. The molecule has 0 aliphatic rings. The lowest BCUT2D eigenvalue weighted by Gasteiger charge is -2.08. The number of halogens is 1. The van der Waals surface area contributed by atoms with Crippen molar-refractivity contribution in [3.8, 4) is 11.6 Å². The number of rotatable bonds is 3. The van der Waals surface area contributed by atoms with Gasteiger partial charge in [0.1, 0.15) is 22.5 Å². The Morgan fingerprint density at radius 2 is 2.12 bits per heavy atom. The number of thiophene rings is 1. The van der Waals surface area contributed by atoms with Crippen molar-refractivity contribution in [3.05, 3.63) is 57.9 Å². The summed E-state index contributed by atoms with van der Waals surface area (Å²) in [6, 6.07) is 8.80. The van der Waals surface area contributed by atoms with Crippen molar-refractivity contribution < 1.29 is 9.52 Å². The summed E-state index contributed by atoms with van der Waals surface area (Å²) >= 11 is 7.44. The highest BCUT2D eigenvalue weighted by molar-refractivity contribution is 7.18. The number of hydrogen-bond donors (Lipinski definition) is 2. The molecule has 1 unspecified atom stereocenters. The number of furan rings is 1. The topological polar surface area (TPSA) is 98.1 Å². The zero-order chi connectivity index (χ0) is 17.6. The number of aliphatic hydroxyl groups excluding tert-OH is 1. The van der Waals surface area contributed by atoms with Crippen molar-refractivity contribution in [2.75, 3.05) is 5.73 Å². The number of aryl methyl sites for hydroxylation is 1. The molecule has 4 heterocycles. The molecule has 0 saturated heterocycles. The second kappa shape index (κ2) is 6.11. The Bertz CT molecular complexity index is 1080. The predicted molar refractivity (Wildman–Crippen MR) is 97.6 cm³/mol. The number of fused-ring (bicyclic) bond motifs is 1. The van der Waals surface area contributed by atoms with Gasteiger partial charge in [0.25, 0.3) is 0 Å². The summed E-state index contributed by atoms with van der Waals surface area (Å²) in [6.07, 6.45) is 0.630. The highest BCUT2D eigenvalue weighted by Gasteiger charge is 2.20. The van der Waals surface area contributed by atoms with E-state index in [1.807, 2.05) is 13.0 Å². The van der Waals surface area contributed by atoms with Gasteiger partial charge in [0.05, 0.1) is 16.1 Å². The van der Waals surface area contributed by atoms with Crippen LogP contribution in [0.5, 0.6) is 0 Å². The quantitative estimate of drug-likeness (QED) is 0.564. The number of anilines is 1. The molecule has 4 aromatic rings. The maximum absolute atomic E-state index is 10.6. The van der Waals surface area contributed by atoms with E-state index < -0.39 is 6.10 Å². The molecule has 6 nitrogen and oxygen atoms in total. The summed E-state index contributed by atoms with van der Waals surface area (Å²) in [6.45, 7) is 1.85. The number of nitrogens with zero attached hydrogens (tertiary/aromatic N) is 3. The van der Waals surface area contributed by atoms with Gasteiger partial charge in [0.15, 0.2) is 11.6 Å². The van der Waals surface area contributed by atoms with Crippen molar-refractivity contribution in [1.29, 1.82) is 0 Å². The Labute approximate surface area is 151 Å². The molecule has 0 bridgehead atoms. The van der Waals surface area contributed by atoms with Crippen LogP contribution in [0.3, 0.4) is 0 Å². The highest BCUT2D eigenvalue weighted by Crippen LogP contribution is 2.36. The molecule has 126 valence electrons. The van der Waals surface area contributed by atoms with Crippen LogP contribution >= 0.6 is 22.9 Å². The third-order valence-electron chi connectivity index (χ3n) is 3.72. The standard InChI is InChI=1S/C17H13ClN4O2S/c1-8-4-5-11(24-8)16-21-15(19)9-7-12(25-17(9)22-16)14(23)13-10(18)3-2-6-20-13/h2-7,14,23H,1H3,(H2,19,21,22). The van der Waals surface area contributed by atoms with Crippen molar-refractivity contribution >= 4 is 39.0 Å². The Morgan fingerprint density at radius 1 is 1.28 bits per heavy atom. The predicted octanol–water partition coefficient (Wildman–Crippen LogP) is 3.97. The third kappa shape index (κ3) is 2.86. The molecule has 25 heavy (non-hydrogen) atoms. The average molecular weight is 373 g/mol. The average Bonchev–Trinajstić information content (AvgIpc) is 3.21. The molecule has 0 aromatic carbocycles. The van der Waals surface area contributed by atoms with Crippen molar-refractivity contribution in [2.24, 2.45) is 0 Å². The first kappa shape index (κ1) is 16.0. The van der Waals surface area contributed by atoms with Gasteiger partial charge in [-0.3, -0.25) is 4.98 Å². The van der Waals surface area contributed by atoms with Crippen LogP contribution in [0.1, 0.15) is 22.4 Å². The van der Waals surface area contributed by atoms with E-state index in [-0.39, 0.29) is 0 Å². The van der Waals surface area contributed by atoms with E-state index in [1.54, 1.807) is 30.5 Å². The molecule has 0 spiro atoms. The number of pyridine rings is 1. The Balaban J connectivity index is 1.80. The third-order valence-corrected chi connectivity index (χ3v) is 5.12. The van der Waals surface area contributed by atoms with Gasteiger partial charge in [-0.1, -0.05) is 11.6 Å². The summed E-state index contributed by atoms with van der Waals surface area (Å²) < 4.78 is 5.56. The summed E-state index contributed by atoms with van der Waals surface area (Å²) in [4.78, 5) is 14.3. The lowest BCUT2D eigenvalue weighted by Crippen LogP contribution is -2.00. The minimum Gasteiger partial charge on any atom is -0.458 e. The van der Waals surface area contributed by atoms with Gasteiger partial charge in [-0.2, -0.15) is 0 Å². The minimum absolute atomic E-state index is 0.330. The maximum Gasteiger partial charge on any atom is 0.199 e. The van der Waals surface area contributed by atoms with E-state index in [4.69, 9.17) is 21.8 Å². The van der Waals surface area contributed by atoms with E-state index >= 15 is 0 Å². The number of aliphatic hydroxyl groups is 1. The zero-order valence-corrected chi connectivity index (χ0v) is 14.7. The molecule has 0 amide bonds. The lowest BCUT2D eigenvalue weighted by atomic mass is 10.2. The van der Waals surface area contributed by atoms with Crippen molar-refractivity contribution in [1.82, 2.24) is 15.0 Å². The zero-order valence-electron chi connectivity index (χ0n) is 13.1. The summed E-state index contributed by atoms with van der Waals surface area (Å²) in [5.41, 5.74) is 6.47. The maximum atomic E-state index is 10.6. The van der Waals surface area contributed by atoms with Crippen LogP contribution in [-0.2, 0) is 0 Å². The summed E-state index contributed by atoms with van der Waals surface area (Å²) in [5.74, 6) is 2.06. The molecule has 3 N–H and O–H groups in total. The lowest BCUT2D eigenvalue weighted by molar-refractivity contribution is 0.219. The van der Waals surface area contributed by atoms with E-state index in [0.29, 0.717) is 43.2 Å².